The maximum atomic E-state index is 12.0. The van der Waals surface area contributed by atoms with Crippen LogP contribution in [0.5, 0.6) is 5.75 Å². The van der Waals surface area contributed by atoms with Crippen LogP contribution in [0.3, 0.4) is 0 Å². The normalized spacial score (nSPS) is 14.2. The highest BCUT2D eigenvalue weighted by molar-refractivity contribution is 7.96. The highest BCUT2D eigenvalue weighted by Gasteiger charge is 2.34. The van der Waals surface area contributed by atoms with E-state index >= 15 is 0 Å². The molecule has 0 spiro atoms. The van der Waals surface area contributed by atoms with Crippen LogP contribution in [0.15, 0.2) is 12.1 Å². The summed E-state index contributed by atoms with van der Waals surface area (Å²) in [5.74, 6) is 0.478. The van der Waals surface area contributed by atoms with Crippen molar-refractivity contribution in [2.45, 2.75) is 59.8 Å². The van der Waals surface area contributed by atoms with E-state index in [0.717, 1.165) is 29.5 Å². The Labute approximate surface area is 138 Å². The third kappa shape index (κ3) is 4.35. The molecule has 122 valence electrons. The van der Waals surface area contributed by atoms with Crippen LogP contribution >= 0.6 is 12.6 Å². The summed E-state index contributed by atoms with van der Waals surface area (Å²) in [6, 6.07) is 3.93. The molecule has 1 aliphatic carbocycles. The van der Waals surface area contributed by atoms with E-state index in [4.69, 9.17) is 4.74 Å². The Balaban J connectivity index is 0.00000242. The van der Waals surface area contributed by atoms with Crippen LogP contribution in [0, 0.1) is 19.8 Å². The van der Waals surface area contributed by atoms with Crippen molar-refractivity contribution in [1.82, 2.24) is 0 Å². The van der Waals surface area contributed by atoms with E-state index in [0.29, 0.717) is 12.2 Å². The minimum Gasteiger partial charge on any atom is -0.426 e. The van der Waals surface area contributed by atoms with Gasteiger partial charge in [0.1, 0.15) is 5.75 Å². The van der Waals surface area contributed by atoms with E-state index in [-0.39, 0.29) is 24.4 Å². The SMILES string of the molecule is C.Cc1cc(C)c(C(C)(C)CC(=O)S)c(OC(=O)C2CC2)c1. The van der Waals surface area contributed by atoms with Crippen molar-refractivity contribution in [2.24, 2.45) is 5.92 Å². The summed E-state index contributed by atoms with van der Waals surface area (Å²) >= 11 is 3.90. The topological polar surface area (TPSA) is 43.4 Å². The van der Waals surface area contributed by atoms with E-state index in [1.807, 2.05) is 33.8 Å². The maximum Gasteiger partial charge on any atom is 0.314 e. The van der Waals surface area contributed by atoms with Crippen molar-refractivity contribution >= 4 is 23.7 Å². The first kappa shape index (κ1) is 18.8. The number of esters is 1. The highest BCUT2D eigenvalue weighted by Crippen LogP contribution is 2.39. The first-order valence-corrected chi connectivity index (χ1v) is 7.70. The van der Waals surface area contributed by atoms with E-state index in [2.05, 4.69) is 18.7 Å². The fourth-order valence-corrected chi connectivity index (χ4v) is 3.25. The van der Waals surface area contributed by atoms with Crippen molar-refractivity contribution in [3.63, 3.8) is 0 Å². The summed E-state index contributed by atoms with van der Waals surface area (Å²) in [6.07, 6.45) is 2.13. The average Bonchev–Trinajstić information content (AvgIpc) is 3.08. The molecule has 0 atom stereocenters. The predicted octanol–water partition coefficient (Wildman–Crippen LogP) is 4.38. The summed E-state index contributed by atoms with van der Waals surface area (Å²) in [5.41, 5.74) is 2.58. The first-order valence-electron chi connectivity index (χ1n) is 7.26. The van der Waals surface area contributed by atoms with E-state index in [9.17, 15) is 9.59 Å². The zero-order chi connectivity index (χ0) is 15.8. The van der Waals surface area contributed by atoms with Crippen LogP contribution in [0.4, 0.5) is 0 Å². The largest absolute Gasteiger partial charge is 0.426 e. The summed E-state index contributed by atoms with van der Waals surface area (Å²) in [5, 5.41) is -0.167. The Hall–Kier alpha value is -1.29. The summed E-state index contributed by atoms with van der Waals surface area (Å²) in [7, 11) is 0. The van der Waals surface area contributed by atoms with Gasteiger partial charge < -0.3 is 4.74 Å². The third-order valence-corrected chi connectivity index (χ3v) is 3.99. The van der Waals surface area contributed by atoms with Crippen molar-refractivity contribution in [3.8, 4) is 5.75 Å². The molecule has 1 fully saturated rings. The lowest BCUT2D eigenvalue weighted by Crippen LogP contribution is -2.24. The fourth-order valence-electron chi connectivity index (χ4n) is 2.85. The fraction of sp³-hybridized carbons (Fsp3) is 0.556. The van der Waals surface area contributed by atoms with Crippen molar-refractivity contribution in [2.75, 3.05) is 0 Å². The molecule has 1 saturated carbocycles. The number of benzene rings is 1. The van der Waals surface area contributed by atoms with Gasteiger partial charge in [-0.25, -0.2) is 0 Å². The van der Waals surface area contributed by atoms with Crippen molar-refractivity contribution < 1.29 is 14.3 Å². The molecular formula is C18H26O3S. The van der Waals surface area contributed by atoms with Gasteiger partial charge in [-0.3, -0.25) is 9.59 Å². The highest BCUT2D eigenvalue weighted by atomic mass is 32.1. The lowest BCUT2D eigenvalue weighted by atomic mass is 9.78. The van der Waals surface area contributed by atoms with Crippen molar-refractivity contribution in [3.05, 3.63) is 28.8 Å². The second-order valence-electron chi connectivity index (χ2n) is 6.60. The van der Waals surface area contributed by atoms with Gasteiger partial charge in [0.25, 0.3) is 0 Å². The summed E-state index contributed by atoms with van der Waals surface area (Å²) in [4.78, 5) is 23.4. The quantitative estimate of drug-likeness (QED) is 0.497. The minimum atomic E-state index is -0.421. The average molecular weight is 322 g/mol. The van der Waals surface area contributed by atoms with Crippen LogP contribution < -0.4 is 4.74 Å². The molecular weight excluding hydrogens is 296 g/mol. The van der Waals surface area contributed by atoms with E-state index in [1.165, 1.54) is 0 Å². The molecule has 2 rings (SSSR count). The molecule has 0 aliphatic heterocycles. The molecule has 0 bridgehead atoms. The smallest absolute Gasteiger partial charge is 0.314 e. The molecule has 0 heterocycles. The Morgan fingerprint density at radius 3 is 2.36 bits per heavy atom. The monoisotopic (exact) mass is 322 g/mol. The van der Waals surface area contributed by atoms with Gasteiger partial charge in [-0.15, -0.1) is 12.6 Å². The molecule has 0 radical (unpaired) electrons. The minimum absolute atomic E-state index is 0. The zero-order valence-corrected chi connectivity index (χ0v) is 13.9. The number of carbonyl (C=O) groups excluding carboxylic acids is 2. The molecule has 0 aromatic heterocycles. The molecule has 1 aromatic carbocycles. The Kier molecular flexibility index (Phi) is 5.85. The summed E-state index contributed by atoms with van der Waals surface area (Å²) in [6.45, 7) is 7.92. The van der Waals surface area contributed by atoms with Gasteiger partial charge in [-0.05, 0) is 43.9 Å². The van der Waals surface area contributed by atoms with Gasteiger partial charge in [-0.2, -0.15) is 0 Å². The second-order valence-corrected chi connectivity index (χ2v) is 7.10. The van der Waals surface area contributed by atoms with Gasteiger partial charge in [-0.1, -0.05) is 27.3 Å². The standard InChI is InChI=1S/C17H22O3S.CH4/c1-10-7-11(2)15(17(3,4)9-14(18)21)13(8-10)20-16(19)12-5-6-12;/h7-8,12H,5-6,9H2,1-4H3,(H,18,21);1H4. The third-order valence-electron chi connectivity index (χ3n) is 3.83. The predicted molar refractivity (Wildman–Crippen MR) is 92.6 cm³/mol. The van der Waals surface area contributed by atoms with Crippen LogP contribution in [0.25, 0.3) is 0 Å². The van der Waals surface area contributed by atoms with Gasteiger partial charge in [0.05, 0.1) is 5.92 Å². The molecule has 0 unspecified atom stereocenters. The molecule has 1 aliphatic rings. The maximum absolute atomic E-state index is 12.0. The van der Waals surface area contributed by atoms with Gasteiger partial charge in [0.2, 0.25) is 0 Å². The molecule has 0 saturated heterocycles. The number of ether oxygens (including phenoxy) is 1. The second kappa shape index (κ2) is 6.86. The zero-order valence-electron chi connectivity index (χ0n) is 13.0. The summed E-state index contributed by atoms with van der Waals surface area (Å²) < 4.78 is 5.62. The van der Waals surface area contributed by atoms with E-state index in [1.54, 1.807) is 0 Å². The number of hydrogen-bond acceptors (Lipinski definition) is 3. The number of hydrogen-bond donors (Lipinski definition) is 1. The van der Waals surface area contributed by atoms with Crippen molar-refractivity contribution in [1.29, 1.82) is 0 Å². The van der Waals surface area contributed by atoms with Gasteiger partial charge in [0, 0.05) is 17.4 Å². The lowest BCUT2D eigenvalue weighted by Gasteiger charge is -2.28. The number of carbonyl (C=O) groups is 2. The van der Waals surface area contributed by atoms with Crippen LogP contribution in [-0.4, -0.2) is 11.1 Å². The molecule has 0 N–H and O–H groups in total. The molecule has 1 aromatic rings. The van der Waals surface area contributed by atoms with Crippen LogP contribution in [0.1, 0.15) is 57.2 Å². The molecule has 0 amide bonds. The molecule has 22 heavy (non-hydrogen) atoms. The Bertz CT molecular complexity index is 586. The van der Waals surface area contributed by atoms with Crippen LogP contribution in [0.2, 0.25) is 0 Å². The number of rotatable bonds is 5. The number of thiol groups is 1. The molecule has 4 heteroatoms. The molecule has 3 nitrogen and oxygen atoms in total. The first-order chi connectivity index (χ1) is 9.70. The number of aryl methyl sites for hydroxylation is 2. The van der Waals surface area contributed by atoms with Gasteiger partial charge in [0.15, 0.2) is 5.12 Å². The Morgan fingerprint density at radius 1 is 1.27 bits per heavy atom. The van der Waals surface area contributed by atoms with Gasteiger partial charge >= 0.3 is 5.97 Å². The lowest BCUT2D eigenvalue weighted by molar-refractivity contribution is -0.135. The van der Waals surface area contributed by atoms with E-state index < -0.39 is 5.41 Å². The van der Waals surface area contributed by atoms with Crippen LogP contribution in [-0.2, 0) is 15.0 Å². The Morgan fingerprint density at radius 2 is 1.86 bits per heavy atom.